The zero-order valence-electron chi connectivity index (χ0n) is 19.2. The number of fused-ring (bicyclic) bond motifs is 1. The SMILES string of the molecule is CSc1ccc(S(=O)(=O)N(C)OC(=O)C(F)(F)F)cc1Nc1cc(Nc2ccc3cc[nH]c3c2)ncn1. The van der Waals surface area contributed by atoms with Crippen LogP contribution in [-0.2, 0) is 19.7 Å². The number of benzene rings is 2. The topological polar surface area (TPSA) is 129 Å². The van der Waals surface area contributed by atoms with E-state index >= 15 is 0 Å². The predicted octanol–water partition coefficient (Wildman–Crippen LogP) is 4.81. The van der Waals surface area contributed by atoms with Gasteiger partial charge < -0.3 is 20.5 Å². The molecule has 0 atom stereocenters. The van der Waals surface area contributed by atoms with E-state index in [1.807, 2.05) is 30.5 Å². The van der Waals surface area contributed by atoms with Crippen LogP contribution in [0.1, 0.15) is 0 Å². The standard InChI is InChI=1S/C22H19F3N6O4S2/c1-31(35-21(32)22(23,24)25)37(33,34)15-5-6-18(36-2)17(10-15)30-20-11-19(27-12-28-20)29-14-4-3-13-7-8-26-16(13)9-14/h3-12,26H,1-2H3,(H2,27,28,29,30). The molecule has 4 aromatic rings. The smallest absolute Gasteiger partial charge is 0.361 e. The summed E-state index contributed by atoms with van der Waals surface area (Å²) in [5.74, 6) is -1.88. The van der Waals surface area contributed by atoms with Crippen molar-refractivity contribution in [2.75, 3.05) is 23.9 Å². The molecule has 194 valence electrons. The van der Waals surface area contributed by atoms with E-state index in [0.717, 1.165) is 16.6 Å². The van der Waals surface area contributed by atoms with E-state index in [4.69, 9.17) is 0 Å². The molecule has 0 bridgehead atoms. The minimum Gasteiger partial charge on any atom is -0.361 e. The Morgan fingerprint density at radius 2 is 1.78 bits per heavy atom. The summed E-state index contributed by atoms with van der Waals surface area (Å²) in [6.07, 6.45) is -0.459. The summed E-state index contributed by atoms with van der Waals surface area (Å²) >= 11 is 1.30. The Bertz CT molecular complexity index is 1560. The molecule has 0 amide bonds. The van der Waals surface area contributed by atoms with Crippen LogP contribution in [0.2, 0.25) is 0 Å². The lowest BCUT2D eigenvalue weighted by Gasteiger charge is -2.18. The summed E-state index contributed by atoms with van der Waals surface area (Å²) in [4.78, 5) is 26.7. The zero-order valence-corrected chi connectivity index (χ0v) is 20.8. The lowest BCUT2D eigenvalue weighted by atomic mass is 10.2. The fourth-order valence-corrected chi connectivity index (χ4v) is 4.72. The molecule has 0 saturated carbocycles. The van der Waals surface area contributed by atoms with Gasteiger partial charge in [0.05, 0.1) is 10.6 Å². The largest absolute Gasteiger partial charge is 0.492 e. The molecule has 3 N–H and O–H groups in total. The van der Waals surface area contributed by atoms with Gasteiger partial charge in [-0.1, -0.05) is 6.07 Å². The third-order valence-electron chi connectivity index (χ3n) is 5.01. The number of hydrogen-bond donors (Lipinski definition) is 3. The minimum absolute atomic E-state index is 0.131. The Balaban J connectivity index is 1.57. The molecule has 2 aromatic heterocycles. The number of aromatic amines is 1. The first-order chi connectivity index (χ1) is 17.5. The van der Waals surface area contributed by atoms with E-state index < -0.39 is 27.1 Å². The molecule has 15 heteroatoms. The van der Waals surface area contributed by atoms with Crippen molar-refractivity contribution in [1.29, 1.82) is 0 Å². The number of sulfonamides is 1. The second-order valence-electron chi connectivity index (χ2n) is 7.47. The summed E-state index contributed by atoms with van der Waals surface area (Å²) in [6, 6.07) is 13.1. The molecule has 0 saturated heterocycles. The maximum atomic E-state index is 12.7. The van der Waals surface area contributed by atoms with Crippen LogP contribution in [0.25, 0.3) is 10.9 Å². The van der Waals surface area contributed by atoms with Crippen LogP contribution in [0.4, 0.5) is 36.2 Å². The maximum absolute atomic E-state index is 12.7. The van der Waals surface area contributed by atoms with Crippen LogP contribution in [0.5, 0.6) is 0 Å². The zero-order chi connectivity index (χ0) is 26.8. The minimum atomic E-state index is -5.36. The molecule has 0 spiro atoms. The lowest BCUT2D eigenvalue weighted by molar-refractivity contribution is -0.219. The molecule has 0 aliphatic heterocycles. The van der Waals surface area contributed by atoms with E-state index in [2.05, 4.69) is 30.4 Å². The van der Waals surface area contributed by atoms with Gasteiger partial charge in [0.1, 0.15) is 18.0 Å². The van der Waals surface area contributed by atoms with Crippen LogP contribution in [-0.4, -0.2) is 53.3 Å². The number of aromatic nitrogens is 3. The van der Waals surface area contributed by atoms with Gasteiger partial charge in [0.2, 0.25) is 0 Å². The Morgan fingerprint density at radius 1 is 1.05 bits per heavy atom. The number of carbonyl (C=O) groups is 1. The van der Waals surface area contributed by atoms with Gasteiger partial charge in [0, 0.05) is 35.4 Å². The average molecular weight is 553 g/mol. The highest BCUT2D eigenvalue weighted by molar-refractivity contribution is 7.98. The van der Waals surface area contributed by atoms with E-state index in [-0.39, 0.29) is 4.47 Å². The molecule has 2 heterocycles. The molecular formula is C22H19F3N6O4S2. The van der Waals surface area contributed by atoms with Crippen molar-refractivity contribution in [2.24, 2.45) is 0 Å². The van der Waals surface area contributed by atoms with Crippen LogP contribution in [0.3, 0.4) is 0 Å². The molecule has 0 fully saturated rings. The Morgan fingerprint density at radius 3 is 2.49 bits per heavy atom. The van der Waals surface area contributed by atoms with Crippen molar-refractivity contribution in [3.05, 3.63) is 61.1 Å². The van der Waals surface area contributed by atoms with Crippen molar-refractivity contribution in [2.45, 2.75) is 16.0 Å². The average Bonchev–Trinajstić information content (AvgIpc) is 3.31. The Labute approximate surface area is 213 Å². The number of thioether (sulfide) groups is 1. The van der Waals surface area contributed by atoms with Crippen molar-refractivity contribution in [3.8, 4) is 0 Å². The summed E-state index contributed by atoms with van der Waals surface area (Å²) in [6.45, 7) is 0. The van der Waals surface area contributed by atoms with Gasteiger partial charge in [0.25, 0.3) is 10.0 Å². The Hall–Kier alpha value is -3.82. The first-order valence-corrected chi connectivity index (χ1v) is 13.0. The number of nitrogens with zero attached hydrogens (tertiary/aromatic N) is 3. The van der Waals surface area contributed by atoms with E-state index in [9.17, 15) is 26.4 Å². The molecule has 0 radical (unpaired) electrons. The highest BCUT2D eigenvalue weighted by Gasteiger charge is 2.43. The number of nitrogens with one attached hydrogen (secondary N) is 3. The number of halogens is 3. The van der Waals surface area contributed by atoms with Gasteiger partial charge in [-0.05, 0) is 52.5 Å². The monoisotopic (exact) mass is 552 g/mol. The molecule has 4 rings (SSSR count). The summed E-state index contributed by atoms with van der Waals surface area (Å²) in [5.41, 5.74) is 2.02. The number of H-pyrrole nitrogens is 1. The second kappa shape index (κ2) is 10.3. The molecule has 0 aliphatic rings. The van der Waals surface area contributed by atoms with Crippen LogP contribution < -0.4 is 10.6 Å². The van der Waals surface area contributed by atoms with Gasteiger partial charge in [-0.2, -0.15) is 13.2 Å². The van der Waals surface area contributed by atoms with Crippen molar-refractivity contribution in [3.63, 3.8) is 0 Å². The van der Waals surface area contributed by atoms with Crippen LogP contribution in [0, 0.1) is 0 Å². The number of hydrogen-bond acceptors (Lipinski definition) is 9. The summed E-state index contributed by atoms with van der Waals surface area (Å²) in [5, 5.41) is 7.21. The van der Waals surface area contributed by atoms with Crippen LogP contribution in [0.15, 0.2) is 70.8 Å². The summed E-state index contributed by atoms with van der Waals surface area (Å²) < 4.78 is 62.9. The fourth-order valence-electron chi connectivity index (χ4n) is 3.22. The highest BCUT2D eigenvalue weighted by atomic mass is 32.2. The van der Waals surface area contributed by atoms with Gasteiger partial charge in [0.15, 0.2) is 0 Å². The summed E-state index contributed by atoms with van der Waals surface area (Å²) in [7, 11) is -3.91. The second-order valence-corrected chi connectivity index (χ2v) is 10.3. The van der Waals surface area contributed by atoms with Crippen molar-refractivity contribution < 1.29 is 31.2 Å². The van der Waals surface area contributed by atoms with Gasteiger partial charge in [-0.3, -0.25) is 0 Å². The number of carbonyl (C=O) groups excluding carboxylic acids is 1. The maximum Gasteiger partial charge on any atom is 0.492 e. The molecule has 37 heavy (non-hydrogen) atoms. The Kier molecular flexibility index (Phi) is 7.29. The highest BCUT2D eigenvalue weighted by Crippen LogP contribution is 2.32. The number of rotatable bonds is 8. The number of hydroxylamine groups is 1. The van der Waals surface area contributed by atoms with E-state index in [1.165, 1.54) is 36.3 Å². The normalized spacial score (nSPS) is 12.1. The third kappa shape index (κ3) is 5.95. The van der Waals surface area contributed by atoms with Gasteiger partial charge in [-0.15, -0.1) is 11.8 Å². The van der Waals surface area contributed by atoms with Crippen molar-refractivity contribution >= 4 is 61.7 Å². The van der Waals surface area contributed by atoms with E-state index in [1.54, 1.807) is 12.3 Å². The third-order valence-corrected chi connectivity index (χ3v) is 7.40. The number of anilines is 4. The van der Waals surface area contributed by atoms with Gasteiger partial charge in [-0.25, -0.2) is 23.2 Å². The first kappa shape index (κ1) is 26.2. The van der Waals surface area contributed by atoms with Crippen LogP contribution >= 0.6 is 11.8 Å². The van der Waals surface area contributed by atoms with Gasteiger partial charge >= 0.3 is 12.1 Å². The molecule has 10 nitrogen and oxygen atoms in total. The molecule has 2 aromatic carbocycles. The fraction of sp³-hybridized carbons (Fsp3) is 0.136. The molecular weight excluding hydrogens is 533 g/mol. The predicted molar refractivity (Wildman–Crippen MR) is 132 cm³/mol. The first-order valence-electron chi connectivity index (χ1n) is 10.4. The lowest BCUT2D eigenvalue weighted by Crippen LogP contribution is -2.36. The van der Waals surface area contributed by atoms with Crippen molar-refractivity contribution in [1.82, 2.24) is 19.4 Å². The quantitative estimate of drug-likeness (QED) is 0.208. The number of alkyl halides is 3. The van der Waals surface area contributed by atoms with E-state index in [0.29, 0.717) is 29.3 Å². The molecule has 0 unspecified atom stereocenters. The molecule has 0 aliphatic carbocycles.